The van der Waals surface area contributed by atoms with E-state index in [-0.39, 0.29) is 6.61 Å². The molecule has 0 amide bonds. The second-order valence-corrected chi connectivity index (χ2v) is 3.98. The molecule has 0 radical (unpaired) electrons. The summed E-state index contributed by atoms with van der Waals surface area (Å²) < 4.78 is 15.6. The predicted octanol–water partition coefficient (Wildman–Crippen LogP) is 1.78. The highest BCUT2D eigenvalue weighted by atomic mass is 16.8. The average Bonchev–Trinajstić information content (AvgIpc) is 2.09. The van der Waals surface area contributed by atoms with Gasteiger partial charge in [0.05, 0.1) is 6.61 Å². The van der Waals surface area contributed by atoms with Crippen molar-refractivity contribution in [2.45, 2.75) is 38.3 Å². The van der Waals surface area contributed by atoms with Crippen LogP contribution in [0.4, 0.5) is 4.79 Å². The monoisotopic (exact) mass is 216 g/mol. The van der Waals surface area contributed by atoms with Crippen LogP contribution in [0, 0.1) is 0 Å². The lowest BCUT2D eigenvalue weighted by molar-refractivity contribution is -0.318. The van der Waals surface area contributed by atoms with Crippen molar-refractivity contribution in [3.8, 4) is 0 Å². The van der Waals surface area contributed by atoms with Crippen molar-refractivity contribution in [1.82, 2.24) is 0 Å². The molecule has 0 aliphatic carbocycles. The molecule has 1 heterocycles. The Bertz CT molecular complexity index is 273. The van der Waals surface area contributed by atoms with Crippen LogP contribution in [0.1, 0.15) is 20.8 Å². The molecule has 0 aromatic heterocycles. The lowest BCUT2D eigenvalue weighted by atomic mass is 9.96. The molecular formula is C10H16O5. The minimum absolute atomic E-state index is 0.108. The summed E-state index contributed by atoms with van der Waals surface area (Å²) in [7, 11) is 0. The van der Waals surface area contributed by atoms with Gasteiger partial charge in [0, 0.05) is 0 Å². The maximum absolute atomic E-state index is 10.6. The number of carbonyl (C=O) groups is 1. The number of carboxylic acid groups (broad SMARTS) is 1. The number of rotatable bonds is 2. The zero-order valence-electron chi connectivity index (χ0n) is 9.15. The molecule has 1 fully saturated rings. The van der Waals surface area contributed by atoms with Crippen LogP contribution in [0.2, 0.25) is 0 Å². The van der Waals surface area contributed by atoms with E-state index < -0.39 is 23.6 Å². The lowest BCUT2D eigenvalue weighted by Gasteiger charge is -2.44. The van der Waals surface area contributed by atoms with Gasteiger partial charge in [-0.2, -0.15) is 0 Å². The van der Waals surface area contributed by atoms with E-state index in [1.54, 1.807) is 20.8 Å². The minimum atomic E-state index is -1.37. The molecule has 1 aliphatic rings. The number of hydrogen-bond acceptors (Lipinski definition) is 4. The summed E-state index contributed by atoms with van der Waals surface area (Å²) in [6.45, 7) is 8.92. The second kappa shape index (κ2) is 3.83. The van der Waals surface area contributed by atoms with Gasteiger partial charge in [0.2, 0.25) is 0 Å². The molecule has 0 aromatic rings. The first-order valence-electron chi connectivity index (χ1n) is 4.69. The summed E-state index contributed by atoms with van der Waals surface area (Å²) in [5.41, 5.74) is -1.12. The Labute approximate surface area is 88.6 Å². The van der Waals surface area contributed by atoms with Crippen molar-refractivity contribution in [2.75, 3.05) is 6.61 Å². The fourth-order valence-corrected chi connectivity index (χ4v) is 1.50. The van der Waals surface area contributed by atoms with E-state index in [0.29, 0.717) is 0 Å². The molecule has 5 nitrogen and oxygen atoms in total. The lowest BCUT2D eigenvalue weighted by Crippen LogP contribution is -2.57. The van der Waals surface area contributed by atoms with Crippen LogP contribution < -0.4 is 0 Å². The van der Waals surface area contributed by atoms with Crippen LogP contribution in [-0.4, -0.2) is 35.4 Å². The first kappa shape index (κ1) is 12.0. The van der Waals surface area contributed by atoms with Crippen LogP contribution in [0.15, 0.2) is 12.7 Å². The van der Waals surface area contributed by atoms with Crippen molar-refractivity contribution < 1.29 is 24.1 Å². The van der Waals surface area contributed by atoms with E-state index in [1.807, 2.05) is 0 Å². The first-order valence-corrected chi connectivity index (χ1v) is 4.69. The second-order valence-electron chi connectivity index (χ2n) is 3.98. The fourth-order valence-electron chi connectivity index (χ4n) is 1.50. The minimum Gasteiger partial charge on any atom is -0.450 e. The molecular weight excluding hydrogens is 200 g/mol. The Morgan fingerprint density at radius 2 is 2.27 bits per heavy atom. The molecule has 1 saturated heterocycles. The van der Waals surface area contributed by atoms with Crippen molar-refractivity contribution in [1.29, 1.82) is 0 Å². The Morgan fingerprint density at radius 1 is 1.67 bits per heavy atom. The van der Waals surface area contributed by atoms with Gasteiger partial charge in [-0.1, -0.05) is 6.58 Å². The summed E-state index contributed by atoms with van der Waals surface area (Å²) in [4.78, 5) is 10.6. The van der Waals surface area contributed by atoms with Gasteiger partial charge in [-0.05, 0) is 26.8 Å². The van der Waals surface area contributed by atoms with Crippen molar-refractivity contribution in [2.24, 2.45) is 0 Å². The topological polar surface area (TPSA) is 65.0 Å². The molecule has 15 heavy (non-hydrogen) atoms. The molecule has 5 heteroatoms. The first-order chi connectivity index (χ1) is 6.81. The third-order valence-electron chi connectivity index (χ3n) is 2.42. The van der Waals surface area contributed by atoms with E-state index in [4.69, 9.17) is 19.3 Å². The zero-order valence-corrected chi connectivity index (χ0v) is 9.15. The smallest absolute Gasteiger partial charge is 0.450 e. The van der Waals surface area contributed by atoms with Gasteiger partial charge in [0.1, 0.15) is 6.10 Å². The highest BCUT2D eigenvalue weighted by molar-refractivity contribution is 5.58. The molecule has 0 saturated carbocycles. The Hall–Kier alpha value is -1.07. The number of hydrogen-bond donors (Lipinski definition) is 1. The Balaban J connectivity index is 2.83. The largest absolute Gasteiger partial charge is 0.506 e. The summed E-state index contributed by atoms with van der Waals surface area (Å²) in [6.07, 6.45) is -0.399. The van der Waals surface area contributed by atoms with Crippen LogP contribution >= 0.6 is 0 Å². The van der Waals surface area contributed by atoms with Gasteiger partial charge in [-0.25, -0.2) is 4.79 Å². The predicted molar refractivity (Wildman–Crippen MR) is 52.6 cm³/mol. The molecule has 1 rings (SSSR count). The molecule has 86 valence electrons. The third-order valence-corrected chi connectivity index (χ3v) is 2.42. The summed E-state index contributed by atoms with van der Waals surface area (Å²) in [5, 5.41) is 8.63. The average molecular weight is 216 g/mol. The van der Waals surface area contributed by atoms with Gasteiger partial charge in [0.25, 0.3) is 0 Å². The quantitative estimate of drug-likeness (QED) is 0.563. The highest BCUT2D eigenvalue weighted by Gasteiger charge is 2.47. The van der Waals surface area contributed by atoms with E-state index in [0.717, 1.165) is 0 Å². The maximum Gasteiger partial charge on any atom is 0.506 e. The van der Waals surface area contributed by atoms with Crippen LogP contribution in [0.5, 0.6) is 0 Å². The van der Waals surface area contributed by atoms with Crippen LogP contribution in [0.3, 0.4) is 0 Å². The number of ether oxygens (including phenoxy) is 3. The molecule has 1 N–H and O–H groups in total. The van der Waals surface area contributed by atoms with Crippen molar-refractivity contribution in [3.63, 3.8) is 0 Å². The van der Waals surface area contributed by atoms with E-state index in [1.165, 1.54) is 6.08 Å². The van der Waals surface area contributed by atoms with Gasteiger partial charge < -0.3 is 19.3 Å². The SMILES string of the molecule is C=CC1(OC(=O)O)COC(C)(C)OC1C. The van der Waals surface area contributed by atoms with Crippen molar-refractivity contribution >= 4 is 6.16 Å². The van der Waals surface area contributed by atoms with Gasteiger partial charge in [-0.3, -0.25) is 0 Å². The fraction of sp³-hybridized carbons (Fsp3) is 0.700. The van der Waals surface area contributed by atoms with Crippen LogP contribution in [-0.2, 0) is 14.2 Å². The summed E-state index contributed by atoms with van der Waals surface area (Å²) in [6, 6.07) is 0. The van der Waals surface area contributed by atoms with E-state index in [9.17, 15) is 4.79 Å². The zero-order chi connectivity index (χ0) is 11.7. The maximum atomic E-state index is 10.6. The normalized spacial score (nSPS) is 34.5. The standard InChI is InChI=1S/C10H16O5/c1-5-10(15-8(11)12)6-13-9(3,4)14-7(10)2/h5,7H,1,6H2,2-4H3,(H,11,12). The van der Waals surface area contributed by atoms with Crippen LogP contribution in [0.25, 0.3) is 0 Å². The molecule has 0 spiro atoms. The molecule has 1 aliphatic heterocycles. The highest BCUT2D eigenvalue weighted by Crippen LogP contribution is 2.32. The van der Waals surface area contributed by atoms with E-state index >= 15 is 0 Å². The van der Waals surface area contributed by atoms with Gasteiger partial charge in [-0.15, -0.1) is 0 Å². The van der Waals surface area contributed by atoms with Gasteiger partial charge in [0.15, 0.2) is 11.4 Å². The molecule has 2 unspecified atom stereocenters. The molecule has 0 aromatic carbocycles. The van der Waals surface area contributed by atoms with E-state index in [2.05, 4.69) is 6.58 Å². The Kier molecular flexibility index (Phi) is 3.06. The Morgan fingerprint density at radius 3 is 2.67 bits per heavy atom. The van der Waals surface area contributed by atoms with Crippen molar-refractivity contribution in [3.05, 3.63) is 12.7 Å². The molecule has 0 bridgehead atoms. The van der Waals surface area contributed by atoms with Gasteiger partial charge >= 0.3 is 6.16 Å². The molecule has 2 atom stereocenters. The third kappa shape index (κ3) is 2.49. The summed E-state index contributed by atoms with van der Waals surface area (Å²) >= 11 is 0. The summed E-state index contributed by atoms with van der Waals surface area (Å²) in [5.74, 6) is -0.728.